The van der Waals surface area contributed by atoms with Crippen LogP contribution in [0.4, 0.5) is 5.69 Å². The number of rotatable bonds is 7. The summed E-state index contributed by atoms with van der Waals surface area (Å²) in [6, 6.07) is 14.4. The summed E-state index contributed by atoms with van der Waals surface area (Å²) in [6.45, 7) is 6.27. The molecule has 3 nitrogen and oxygen atoms in total. The molecule has 0 bridgehead atoms. The molecule has 0 saturated heterocycles. The molecule has 0 radical (unpaired) electrons. The second-order valence-electron chi connectivity index (χ2n) is 6.17. The van der Waals surface area contributed by atoms with Crippen LogP contribution >= 0.6 is 11.6 Å². The van der Waals surface area contributed by atoms with Gasteiger partial charge >= 0.3 is 0 Å². The highest BCUT2D eigenvalue weighted by molar-refractivity contribution is 6.30. The Hall–Kier alpha value is -2.00. The van der Waals surface area contributed by atoms with Crippen LogP contribution < -0.4 is 5.32 Å². The third-order valence-corrected chi connectivity index (χ3v) is 4.50. The number of benzene rings is 2. The van der Waals surface area contributed by atoms with E-state index in [9.17, 15) is 0 Å². The standard InChI is InChI=1S/C20H24ClN3/c1-3-20-23-18-10-9-15(2)13-19(18)24(20)12-5-4-11-22-17-8-6-7-16(21)14-17/h6-10,13-14,22H,3-5,11-12H2,1-2H3. The molecule has 0 unspecified atom stereocenters. The van der Waals surface area contributed by atoms with Crippen LogP contribution in [0.25, 0.3) is 11.0 Å². The first-order valence-electron chi connectivity index (χ1n) is 8.62. The number of anilines is 1. The van der Waals surface area contributed by atoms with Gasteiger partial charge in [0.25, 0.3) is 0 Å². The number of imidazole rings is 1. The van der Waals surface area contributed by atoms with Gasteiger partial charge in [-0.2, -0.15) is 0 Å². The van der Waals surface area contributed by atoms with E-state index < -0.39 is 0 Å². The van der Waals surface area contributed by atoms with Crippen molar-refractivity contribution in [2.24, 2.45) is 0 Å². The third kappa shape index (κ3) is 3.90. The van der Waals surface area contributed by atoms with E-state index in [1.807, 2.05) is 24.3 Å². The number of fused-ring (bicyclic) bond motifs is 1. The number of nitrogens with one attached hydrogen (secondary N) is 1. The molecule has 0 fully saturated rings. The summed E-state index contributed by atoms with van der Waals surface area (Å²) >= 11 is 6.00. The van der Waals surface area contributed by atoms with Crippen molar-refractivity contribution in [2.75, 3.05) is 11.9 Å². The summed E-state index contributed by atoms with van der Waals surface area (Å²) < 4.78 is 2.38. The highest BCUT2D eigenvalue weighted by Crippen LogP contribution is 2.19. The number of halogens is 1. The molecule has 0 atom stereocenters. The van der Waals surface area contributed by atoms with Crippen LogP contribution in [-0.2, 0) is 13.0 Å². The Morgan fingerprint density at radius 1 is 1.12 bits per heavy atom. The first kappa shape index (κ1) is 16.8. The first-order valence-corrected chi connectivity index (χ1v) is 9.00. The van der Waals surface area contributed by atoms with Gasteiger partial charge in [-0.25, -0.2) is 4.98 Å². The van der Waals surface area contributed by atoms with Gasteiger partial charge in [-0.15, -0.1) is 0 Å². The Labute approximate surface area is 148 Å². The van der Waals surface area contributed by atoms with E-state index in [0.29, 0.717) is 0 Å². The third-order valence-electron chi connectivity index (χ3n) is 4.26. The average molecular weight is 342 g/mol. The zero-order chi connectivity index (χ0) is 16.9. The fourth-order valence-corrected chi connectivity index (χ4v) is 3.22. The molecule has 0 aliphatic rings. The molecule has 3 aromatic rings. The Morgan fingerprint density at radius 3 is 2.79 bits per heavy atom. The van der Waals surface area contributed by atoms with Gasteiger partial charge in [0.05, 0.1) is 11.0 Å². The van der Waals surface area contributed by atoms with Crippen molar-refractivity contribution in [3.8, 4) is 0 Å². The SMILES string of the molecule is CCc1nc2ccc(C)cc2n1CCCCNc1cccc(Cl)c1. The zero-order valence-electron chi connectivity index (χ0n) is 14.3. The fraction of sp³-hybridized carbons (Fsp3) is 0.350. The molecule has 0 amide bonds. The van der Waals surface area contributed by atoms with Crippen molar-refractivity contribution in [1.82, 2.24) is 9.55 Å². The summed E-state index contributed by atoms with van der Waals surface area (Å²) in [6.07, 6.45) is 3.20. The van der Waals surface area contributed by atoms with E-state index in [1.165, 1.54) is 16.9 Å². The zero-order valence-corrected chi connectivity index (χ0v) is 15.1. The Balaban J connectivity index is 1.58. The molecule has 3 rings (SSSR count). The van der Waals surface area contributed by atoms with E-state index in [1.54, 1.807) is 0 Å². The van der Waals surface area contributed by atoms with E-state index in [0.717, 1.165) is 48.6 Å². The highest BCUT2D eigenvalue weighted by Gasteiger charge is 2.09. The van der Waals surface area contributed by atoms with Crippen molar-refractivity contribution < 1.29 is 0 Å². The number of aryl methyl sites for hydroxylation is 3. The minimum atomic E-state index is 0.771. The molecule has 1 aromatic heterocycles. The predicted molar refractivity (Wildman–Crippen MR) is 103 cm³/mol. The van der Waals surface area contributed by atoms with E-state index in [4.69, 9.17) is 16.6 Å². The maximum atomic E-state index is 6.00. The summed E-state index contributed by atoms with van der Waals surface area (Å²) in [4.78, 5) is 4.76. The Morgan fingerprint density at radius 2 is 2.00 bits per heavy atom. The quantitative estimate of drug-likeness (QED) is 0.579. The topological polar surface area (TPSA) is 29.9 Å². The van der Waals surface area contributed by atoms with Gasteiger partial charge < -0.3 is 9.88 Å². The number of unbranched alkanes of at least 4 members (excludes halogenated alkanes) is 1. The van der Waals surface area contributed by atoms with Crippen LogP contribution in [0.2, 0.25) is 5.02 Å². The summed E-state index contributed by atoms with van der Waals surface area (Å²) in [5.74, 6) is 1.18. The molecule has 1 heterocycles. The molecule has 24 heavy (non-hydrogen) atoms. The van der Waals surface area contributed by atoms with Crippen molar-refractivity contribution in [3.05, 3.63) is 58.9 Å². The van der Waals surface area contributed by atoms with Gasteiger partial charge in [-0.05, 0) is 55.7 Å². The smallest absolute Gasteiger partial charge is 0.109 e. The van der Waals surface area contributed by atoms with E-state index in [2.05, 4.69) is 41.9 Å². The molecule has 1 N–H and O–H groups in total. The van der Waals surface area contributed by atoms with Crippen LogP contribution in [0.1, 0.15) is 31.2 Å². The maximum absolute atomic E-state index is 6.00. The molecule has 2 aromatic carbocycles. The molecule has 126 valence electrons. The van der Waals surface area contributed by atoms with Gasteiger partial charge in [-0.1, -0.05) is 30.7 Å². The van der Waals surface area contributed by atoms with E-state index >= 15 is 0 Å². The minimum absolute atomic E-state index is 0.771. The summed E-state index contributed by atoms with van der Waals surface area (Å²) in [5.41, 5.74) is 4.73. The van der Waals surface area contributed by atoms with Crippen LogP contribution in [0.3, 0.4) is 0 Å². The first-order chi connectivity index (χ1) is 11.7. The van der Waals surface area contributed by atoms with Gasteiger partial charge in [0.2, 0.25) is 0 Å². The Bertz CT molecular complexity index is 823. The number of nitrogens with zero attached hydrogens (tertiary/aromatic N) is 2. The van der Waals surface area contributed by atoms with Crippen molar-refractivity contribution >= 4 is 28.3 Å². The van der Waals surface area contributed by atoms with Crippen molar-refractivity contribution in [3.63, 3.8) is 0 Å². The molecule has 0 spiro atoms. The van der Waals surface area contributed by atoms with Gasteiger partial charge in [-0.3, -0.25) is 0 Å². The number of hydrogen-bond acceptors (Lipinski definition) is 2. The lowest BCUT2D eigenvalue weighted by Gasteiger charge is -2.10. The van der Waals surface area contributed by atoms with E-state index in [-0.39, 0.29) is 0 Å². The largest absolute Gasteiger partial charge is 0.385 e. The highest BCUT2D eigenvalue weighted by atomic mass is 35.5. The van der Waals surface area contributed by atoms with Crippen molar-refractivity contribution in [1.29, 1.82) is 0 Å². The van der Waals surface area contributed by atoms with Crippen LogP contribution in [0.5, 0.6) is 0 Å². The van der Waals surface area contributed by atoms with Gasteiger partial charge in [0, 0.05) is 30.2 Å². The fourth-order valence-electron chi connectivity index (χ4n) is 3.03. The molecule has 0 aliphatic carbocycles. The van der Waals surface area contributed by atoms with Crippen LogP contribution in [0, 0.1) is 6.92 Å². The minimum Gasteiger partial charge on any atom is -0.385 e. The second-order valence-corrected chi connectivity index (χ2v) is 6.61. The molecule has 4 heteroatoms. The molecular formula is C20H24ClN3. The monoisotopic (exact) mass is 341 g/mol. The number of hydrogen-bond donors (Lipinski definition) is 1. The maximum Gasteiger partial charge on any atom is 0.109 e. The lowest BCUT2D eigenvalue weighted by Crippen LogP contribution is -2.06. The van der Waals surface area contributed by atoms with Crippen LogP contribution in [0.15, 0.2) is 42.5 Å². The second kappa shape index (κ2) is 7.71. The summed E-state index contributed by atoms with van der Waals surface area (Å²) in [7, 11) is 0. The lowest BCUT2D eigenvalue weighted by molar-refractivity contribution is 0.611. The Kier molecular flexibility index (Phi) is 5.41. The average Bonchev–Trinajstić information content (AvgIpc) is 2.92. The molecular weight excluding hydrogens is 318 g/mol. The molecule has 0 saturated carbocycles. The van der Waals surface area contributed by atoms with Gasteiger partial charge in [0.15, 0.2) is 0 Å². The van der Waals surface area contributed by atoms with Crippen LogP contribution in [-0.4, -0.2) is 16.1 Å². The normalized spacial score (nSPS) is 11.1. The predicted octanol–water partition coefficient (Wildman–Crippen LogP) is 5.45. The summed E-state index contributed by atoms with van der Waals surface area (Å²) in [5, 5.41) is 4.20. The van der Waals surface area contributed by atoms with Gasteiger partial charge in [0.1, 0.15) is 5.82 Å². The number of aromatic nitrogens is 2. The molecule has 0 aliphatic heterocycles. The lowest BCUT2D eigenvalue weighted by atomic mass is 10.2. The van der Waals surface area contributed by atoms with Crippen molar-refractivity contribution in [2.45, 2.75) is 39.7 Å².